The van der Waals surface area contributed by atoms with Crippen molar-refractivity contribution in [3.8, 4) is 0 Å². The van der Waals surface area contributed by atoms with Gasteiger partial charge in [-0.2, -0.15) is 0 Å². The molecule has 0 radical (unpaired) electrons. The number of rotatable bonds is 5. The summed E-state index contributed by atoms with van der Waals surface area (Å²) < 4.78 is 0. The number of carbonyl (C=O) groups is 1. The van der Waals surface area contributed by atoms with E-state index < -0.39 is 5.97 Å². The highest BCUT2D eigenvalue weighted by atomic mass is 35.5. The summed E-state index contributed by atoms with van der Waals surface area (Å²) >= 11 is 7.48. The maximum Gasteiger partial charge on any atom is 0.303 e. The zero-order valence-electron chi connectivity index (χ0n) is 8.94. The Morgan fingerprint density at radius 1 is 1.62 bits per heavy atom. The van der Waals surface area contributed by atoms with Gasteiger partial charge < -0.3 is 10.8 Å². The van der Waals surface area contributed by atoms with Gasteiger partial charge in [-0.15, -0.1) is 11.8 Å². The first-order valence-electron chi connectivity index (χ1n) is 4.85. The van der Waals surface area contributed by atoms with Crippen molar-refractivity contribution in [2.75, 3.05) is 6.26 Å². The highest BCUT2D eigenvalue weighted by molar-refractivity contribution is 7.98. The van der Waals surface area contributed by atoms with Gasteiger partial charge in [0.25, 0.3) is 0 Å². The molecule has 3 nitrogen and oxygen atoms in total. The molecule has 1 rings (SSSR count). The van der Waals surface area contributed by atoms with Gasteiger partial charge >= 0.3 is 5.97 Å². The van der Waals surface area contributed by atoms with Crippen molar-refractivity contribution >= 4 is 29.3 Å². The predicted molar refractivity (Wildman–Crippen MR) is 67.0 cm³/mol. The smallest absolute Gasteiger partial charge is 0.303 e. The Hall–Kier alpha value is -0.710. The number of carboxylic acid groups (broad SMARTS) is 1. The lowest BCUT2D eigenvalue weighted by Crippen LogP contribution is -2.13. The van der Waals surface area contributed by atoms with Crippen molar-refractivity contribution < 1.29 is 9.90 Å². The molecule has 0 bridgehead atoms. The number of thioether (sulfide) groups is 1. The van der Waals surface area contributed by atoms with Crippen LogP contribution in [-0.2, 0) is 4.79 Å². The first-order chi connectivity index (χ1) is 7.54. The first-order valence-corrected chi connectivity index (χ1v) is 6.45. The molecular weight excluding hydrogens is 246 g/mol. The summed E-state index contributed by atoms with van der Waals surface area (Å²) in [5.74, 6) is -0.830. The second kappa shape index (κ2) is 6.13. The second-order valence-electron chi connectivity index (χ2n) is 3.43. The Balaban J connectivity index is 2.84. The molecule has 0 amide bonds. The maximum absolute atomic E-state index is 10.5. The molecule has 0 saturated heterocycles. The van der Waals surface area contributed by atoms with Gasteiger partial charge in [0.2, 0.25) is 0 Å². The van der Waals surface area contributed by atoms with Crippen molar-refractivity contribution in [3.05, 3.63) is 28.8 Å². The van der Waals surface area contributed by atoms with Gasteiger partial charge in [0.1, 0.15) is 0 Å². The summed E-state index contributed by atoms with van der Waals surface area (Å²) in [6.07, 6.45) is 2.45. The second-order valence-corrected chi connectivity index (χ2v) is 4.71. The summed E-state index contributed by atoms with van der Waals surface area (Å²) in [6.45, 7) is 0. The zero-order chi connectivity index (χ0) is 12.1. The lowest BCUT2D eigenvalue weighted by Gasteiger charge is -2.14. The van der Waals surface area contributed by atoms with Crippen LogP contribution in [0.1, 0.15) is 24.4 Å². The third kappa shape index (κ3) is 3.70. The van der Waals surface area contributed by atoms with E-state index >= 15 is 0 Å². The average molecular weight is 260 g/mol. The lowest BCUT2D eigenvalue weighted by molar-refractivity contribution is -0.137. The Labute approximate surface area is 104 Å². The Bertz CT molecular complexity index is 384. The lowest BCUT2D eigenvalue weighted by atomic mass is 10.0. The number of halogens is 1. The minimum atomic E-state index is -0.830. The van der Waals surface area contributed by atoms with E-state index in [1.807, 2.05) is 12.3 Å². The van der Waals surface area contributed by atoms with E-state index in [9.17, 15) is 4.79 Å². The average Bonchev–Trinajstić information content (AvgIpc) is 2.25. The molecule has 1 aromatic rings. The summed E-state index contributed by atoms with van der Waals surface area (Å²) in [7, 11) is 0. The molecule has 3 N–H and O–H groups in total. The van der Waals surface area contributed by atoms with Crippen molar-refractivity contribution in [1.29, 1.82) is 0 Å². The Kier molecular flexibility index (Phi) is 5.12. The number of benzene rings is 1. The Morgan fingerprint density at radius 3 is 2.88 bits per heavy atom. The van der Waals surface area contributed by atoms with Gasteiger partial charge in [0.15, 0.2) is 0 Å². The highest BCUT2D eigenvalue weighted by Crippen LogP contribution is 2.29. The van der Waals surface area contributed by atoms with Crippen LogP contribution in [0.3, 0.4) is 0 Å². The van der Waals surface area contributed by atoms with Crippen LogP contribution in [-0.4, -0.2) is 17.3 Å². The molecule has 0 heterocycles. The number of hydrogen-bond acceptors (Lipinski definition) is 3. The van der Waals surface area contributed by atoms with Crippen LogP contribution in [0, 0.1) is 0 Å². The first kappa shape index (κ1) is 13.4. The fourth-order valence-corrected chi connectivity index (χ4v) is 2.26. The van der Waals surface area contributed by atoms with Gasteiger partial charge in [-0.1, -0.05) is 11.6 Å². The van der Waals surface area contributed by atoms with E-state index in [2.05, 4.69) is 0 Å². The Morgan fingerprint density at radius 2 is 2.31 bits per heavy atom. The van der Waals surface area contributed by atoms with E-state index in [1.54, 1.807) is 23.9 Å². The summed E-state index contributed by atoms with van der Waals surface area (Å²) in [5, 5.41) is 9.23. The molecule has 0 fully saturated rings. The van der Waals surface area contributed by atoms with Crippen LogP contribution in [0.2, 0.25) is 5.02 Å². The van der Waals surface area contributed by atoms with Crippen LogP contribution in [0.25, 0.3) is 0 Å². The van der Waals surface area contributed by atoms with E-state index in [1.165, 1.54) is 0 Å². The van der Waals surface area contributed by atoms with Crippen LogP contribution < -0.4 is 5.73 Å². The van der Waals surface area contributed by atoms with Gasteiger partial charge in [-0.3, -0.25) is 4.79 Å². The van der Waals surface area contributed by atoms with E-state index in [0.29, 0.717) is 11.4 Å². The minimum Gasteiger partial charge on any atom is -0.481 e. The molecule has 1 aromatic carbocycles. The highest BCUT2D eigenvalue weighted by Gasteiger charge is 2.12. The maximum atomic E-state index is 10.5. The third-order valence-corrected chi connectivity index (χ3v) is 3.31. The van der Waals surface area contributed by atoms with Gasteiger partial charge in [-0.25, -0.2) is 0 Å². The van der Waals surface area contributed by atoms with Crippen molar-refractivity contribution in [2.24, 2.45) is 5.73 Å². The predicted octanol–water partition coefficient (Wildman–Crippen LogP) is 2.93. The van der Waals surface area contributed by atoms with Crippen LogP contribution >= 0.6 is 23.4 Å². The molecule has 1 unspecified atom stereocenters. The zero-order valence-corrected chi connectivity index (χ0v) is 10.5. The third-order valence-electron chi connectivity index (χ3n) is 2.26. The fourth-order valence-electron chi connectivity index (χ4n) is 1.43. The van der Waals surface area contributed by atoms with Crippen LogP contribution in [0.15, 0.2) is 23.1 Å². The van der Waals surface area contributed by atoms with E-state index in [4.69, 9.17) is 22.4 Å². The summed E-state index contributed by atoms with van der Waals surface area (Å²) in [6, 6.07) is 5.24. The number of carboxylic acids is 1. The molecule has 0 saturated carbocycles. The molecule has 5 heteroatoms. The molecule has 0 aliphatic carbocycles. The van der Waals surface area contributed by atoms with Crippen LogP contribution in [0.5, 0.6) is 0 Å². The largest absolute Gasteiger partial charge is 0.481 e. The van der Waals surface area contributed by atoms with Gasteiger partial charge in [0, 0.05) is 22.4 Å². The number of nitrogens with two attached hydrogens (primary N) is 1. The monoisotopic (exact) mass is 259 g/mol. The topological polar surface area (TPSA) is 63.3 Å². The van der Waals surface area contributed by atoms with Crippen LogP contribution in [0.4, 0.5) is 0 Å². The standard InChI is InChI=1S/C11H14ClNO2S/c1-16-10-4-2-7(12)6-8(10)9(13)3-5-11(14)15/h2,4,6,9H,3,5,13H2,1H3,(H,14,15). The molecule has 0 aromatic heterocycles. The molecular formula is C11H14ClNO2S. The van der Waals surface area contributed by atoms with Crippen molar-refractivity contribution in [1.82, 2.24) is 0 Å². The number of hydrogen-bond donors (Lipinski definition) is 2. The summed E-state index contributed by atoms with van der Waals surface area (Å²) in [4.78, 5) is 11.5. The SMILES string of the molecule is CSc1ccc(Cl)cc1C(N)CCC(=O)O. The normalized spacial score (nSPS) is 12.4. The fraction of sp³-hybridized carbons (Fsp3) is 0.364. The molecule has 0 aliphatic heterocycles. The van der Waals surface area contributed by atoms with Crippen molar-refractivity contribution in [2.45, 2.75) is 23.8 Å². The van der Waals surface area contributed by atoms with Crippen molar-refractivity contribution in [3.63, 3.8) is 0 Å². The molecule has 0 spiro atoms. The van der Waals surface area contributed by atoms with E-state index in [0.717, 1.165) is 10.5 Å². The molecule has 0 aliphatic rings. The summed E-state index contributed by atoms with van der Waals surface area (Å²) in [5.41, 5.74) is 6.87. The minimum absolute atomic E-state index is 0.0709. The number of aliphatic carboxylic acids is 1. The van der Waals surface area contributed by atoms with Gasteiger partial charge in [-0.05, 0) is 36.4 Å². The molecule has 1 atom stereocenters. The van der Waals surface area contributed by atoms with Gasteiger partial charge in [0.05, 0.1) is 0 Å². The quantitative estimate of drug-likeness (QED) is 0.798. The molecule has 16 heavy (non-hydrogen) atoms. The molecule has 88 valence electrons. The van der Waals surface area contributed by atoms with E-state index in [-0.39, 0.29) is 12.5 Å².